The average molecular weight is 236 g/mol. The summed E-state index contributed by atoms with van der Waals surface area (Å²) in [6.45, 7) is 4.54. The molecule has 2 aromatic carbocycles. The van der Waals surface area contributed by atoms with Crippen molar-refractivity contribution in [1.82, 2.24) is 0 Å². The molecule has 2 rings (SSSR count). The molecule has 1 nitrogen and oxygen atoms in total. The van der Waals surface area contributed by atoms with Gasteiger partial charge in [0, 0.05) is 5.56 Å². The quantitative estimate of drug-likeness (QED) is 0.722. The second kappa shape index (κ2) is 5.93. The van der Waals surface area contributed by atoms with Gasteiger partial charge in [-0.15, -0.1) is 0 Å². The summed E-state index contributed by atoms with van der Waals surface area (Å²) in [5.41, 5.74) is 3.50. The summed E-state index contributed by atoms with van der Waals surface area (Å²) in [6, 6.07) is 16.1. The monoisotopic (exact) mass is 236 g/mol. The van der Waals surface area contributed by atoms with Crippen LogP contribution in [0.2, 0.25) is 0 Å². The zero-order valence-electron chi connectivity index (χ0n) is 10.7. The van der Waals surface area contributed by atoms with Gasteiger partial charge in [0.15, 0.2) is 0 Å². The predicted molar refractivity (Wildman–Crippen MR) is 74.7 cm³/mol. The van der Waals surface area contributed by atoms with Gasteiger partial charge in [0.05, 0.1) is 0 Å². The zero-order chi connectivity index (χ0) is 12.8. The molecule has 0 N–H and O–H groups in total. The number of rotatable bonds is 2. The third-order valence-electron chi connectivity index (χ3n) is 2.62. The Kier molecular flexibility index (Phi) is 4.04. The van der Waals surface area contributed by atoms with E-state index >= 15 is 0 Å². The molecule has 0 aromatic heterocycles. The van der Waals surface area contributed by atoms with Crippen LogP contribution in [0.3, 0.4) is 0 Å². The van der Waals surface area contributed by atoms with Gasteiger partial charge in [0.2, 0.25) is 0 Å². The van der Waals surface area contributed by atoms with Crippen molar-refractivity contribution in [1.29, 1.82) is 0 Å². The van der Waals surface area contributed by atoms with Crippen LogP contribution >= 0.6 is 0 Å². The first-order valence-electron chi connectivity index (χ1n) is 5.99. The molecule has 2 aromatic rings. The van der Waals surface area contributed by atoms with Crippen molar-refractivity contribution in [2.75, 3.05) is 6.61 Å². The van der Waals surface area contributed by atoms with E-state index < -0.39 is 0 Å². The Morgan fingerprint density at radius 2 is 1.39 bits per heavy atom. The van der Waals surface area contributed by atoms with E-state index in [0.29, 0.717) is 6.61 Å². The third kappa shape index (κ3) is 3.68. The van der Waals surface area contributed by atoms with Crippen molar-refractivity contribution in [3.8, 4) is 17.6 Å². The Morgan fingerprint density at radius 1 is 0.833 bits per heavy atom. The predicted octanol–water partition coefficient (Wildman–Crippen LogP) is 3.73. The van der Waals surface area contributed by atoms with Gasteiger partial charge >= 0.3 is 0 Å². The molecule has 0 saturated carbocycles. The van der Waals surface area contributed by atoms with Gasteiger partial charge in [-0.3, -0.25) is 0 Å². The van der Waals surface area contributed by atoms with Gasteiger partial charge in [-0.2, -0.15) is 0 Å². The standard InChI is InChI=1S/C17H16O/c1-14-5-9-16(10-6-14)4-3-13-18-17-11-7-15(2)8-12-17/h5-12H,13H2,1-2H3. The van der Waals surface area contributed by atoms with Crippen LogP contribution in [-0.2, 0) is 0 Å². The molecule has 90 valence electrons. The van der Waals surface area contributed by atoms with Crippen molar-refractivity contribution in [2.45, 2.75) is 13.8 Å². The fourth-order valence-corrected chi connectivity index (χ4v) is 1.53. The van der Waals surface area contributed by atoms with E-state index in [2.05, 4.69) is 37.8 Å². The van der Waals surface area contributed by atoms with Gasteiger partial charge in [-0.05, 0) is 38.1 Å². The minimum Gasteiger partial charge on any atom is -0.481 e. The van der Waals surface area contributed by atoms with E-state index in [4.69, 9.17) is 4.74 Å². The van der Waals surface area contributed by atoms with Crippen molar-refractivity contribution in [3.05, 3.63) is 65.2 Å². The highest BCUT2D eigenvalue weighted by Gasteiger charge is 1.90. The van der Waals surface area contributed by atoms with E-state index in [-0.39, 0.29) is 0 Å². The summed E-state index contributed by atoms with van der Waals surface area (Å²) in [4.78, 5) is 0. The zero-order valence-corrected chi connectivity index (χ0v) is 10.7. The Labute approximate surface area is 108 Å². The normalized spacial score (nSPS) is 9.44. The van der Waals surface area contributed by atoms with Crippen LogP contribution in [0.15, 0.2) is 48.5 Å². The van der Waals surface area contributed by atoms with Crippen LogP contribution < -0.4 is 4.74 Å². The summed E-state index contributed by atoms with van der Waals surface area (Å²) in [5.74, 6) is 6.95. The number of ether oxygens (including phenoxy) is 1. The molecule has 18 heavy (non-hydrogen) atoms. The first kappa shape index (κ1) is 12.3. The van der Waals surface area contributed by atoms with Crippen LogP contribution in [0.25, 0.3) is 0 Å². The topological polar surface area (TPSA) is 9.23 Å². The van der Waals surface area contributed by atoms with Crippen LogP contribution in [0.1, 0.15) is 16.7 Å². The van der Waals surface area contributed by atoms with Crippen molar-refractivity contribution in [2.24, 2.45) is 0 Å². The first-order chi connectivity index (χ1) is 8.74. The second-order valence-corrected chi connectivity index (χ2v) is 4.27. The van der Waals surface area contributed by atoms with Gasteiger partial charge in [0.1, 0.15) is 12.4 Å². The van der Waals surface area contributed by atoms with E-state index in [9.17, 15) is 0 Å². The van der Waals surface area contributed by atoms with E-state index in [0.717, 1.165) is 11.3 Å². The molecule has 0 amide bonds. The first-order valence-corrected chi connectivity index (χ1v) is 5.99. The van der Waals surface area contributed by atoms with Crippen LogP contribution in [-0.4, -0.2) is 6.61 Å². The molecule has 0 atom stereocenters. The number of hydrogen-bond donors (Lipinski definition) is 0. The highest BCUT2D eigenvalue weighted by Crippen LogP contribution is 2.10. The maximum atomic E-state index is 5.53. The fourth-order valence-electron chi connectivity index (χ4n) is 1.53. The Hall–Kier alpha value is -2.20. The molecule has 0 bridgehead atoms. The van der Waals surface area contributed by atoms with Crippen molar-refractivity contribution in [3.63, 3.8) is 0 Å². The minimum absolute atomic E-state index is 0.414. The van der Waals surface area contributed by atoms with E-state index in [1.165, 1.54) is 11.1 Å². The minimum atomic E-state index is 0.414. The lowest BCUT2D eigenvalue weighted by Gasteiger charge is -2.01. The SMILES string of the molecule is Cc1ccc(C#CCOc2ccc(C)cc2)cc1. The Bertz CT molecular complexity index is 553. The summed E-state index contributed by atoms with van der Waals surface area (Å²) in [7, 11) is 0. The van der Waals surface area contributed by atoms with Gasteiger partial charge in [0.25, 0.3) is 0 Å². The van der Waals surface area contributed by atoms with E-state index in [1.807, 2.05) is 36.4 Å². The van der Waals surface area contributed by atoms with Gasteiger partial charge in [-0.1, -0.05) is 47.2 Å². The lowest BCUT2D eigenvalue weighted by atomic mass is 10.2. The van der Waals surface area contributed by atoms with Crippen LogP contribution in [0.5, 0.6) is 5.75 Å². The van der Waals surface area contributed by atoms with Crippen molar-refractivity contribution < 1.29 is 4.74 Å². The molecule has 0 radical (unpaired) electrons. The second-order valence-electron chi connectivity index (χ2n) is 4.27. The number of aryl methyl sites for hydroxylation is 2. The number of benzene rings is 2. The molecule has 0 aliphatic heterocycles. The molecule has 0 fully saturated rings. The summed E-state index contributed by atoms with van der Waals surface area (Å²) in [6.07, 6.45) is 0. The largest absolute Gasteiger partial charge is 0.481 e. The molecule has 0 heterocycles. The lowest BCUT2D eigenvalue weighted by molar-refractivity contribution is 0.370. The molecule has 0 spiro atoms. The smallest absolute Gasteiger partial charge is 0.149 e. The average Bonchev–Trinajstić information content (AvgIpc) is 2.39. The molecule has 0 aliphatic carbocycles. The Balaban J connectivity index is 1.89. The van der Waals surface area contributed by atoms with Crippen LogP contribution in [0, 0.1) is 25.7 Å². The summed E-state index contributed by atoms with van der Waals surface area (Å²) in [5, 5.41) is 0. The van der Waals surface area contributed by atoms with E-state index in [1.54, 1.807) is 0 Å². The lowest BCUT2D eigenvalue weighted by Crippen LogP contribution is -1.93. The van der Waals surface area contributed by atoms with Gasteiger partial charge in [-0.25, -0.2) is 0 Å². The maximum Gasteiger partial charge on any atom is 0.149 e. The van der Waals surface area contributed by atoms with Crippen molar-refractivity contribution >= 4 is 0 Å². The molecular formula is C17H16O. The molecular weight excluding hydrogens is 220 g/mol. The Morgan fingerprint density at radius 3 is 2.00 bits per heavy atom. The number of hydrogen-bond acceptors (Lipinski definition) is 1. The molecule has 1 heteroatoms. The maximum absolute atomic E-state index is 5.53. The third-order valence-corrected chi connectivity index (χ3v) is 2.62. The summed E-state index contributed by atoms with van der Waals surface area (Å²) < 4.78 is 5.53. The van der Waals surface area contributed by atoms with Gasteiger partial charge < -0.3 is 4.74 Å². The highest BCUT2D eigenvalue weighted by molar-refractivity contribution is 5.36. The van der Waals surface area contributed by atoms with Crippen LogP contribution in [0.4, 0.5) is 0 Å². The fraction of sp³-hybridized carbons (Fsp3) is 0.176. The molecule has 0 saturated heterocycles. The molecule has 0 unspecified atom stereocenters. The molecule has 0 aliphatic rings. The summed E-state index contributed by atoms with van der Waals surface area (Å²) >= 11 is 0. The highest BCUT2D eigenvalue weighted by atomic mass is 16.5.